The van der Waals surface area contributed by atoms with Gasteiger partial charge in [-0.2, -0.15) is 0 Å². The molecule has 1 saturated carbocycles. The Bertz CT molecular complexity index is 205. The molecule has 1 amide bonds. The number of rotatable bonds is 1. The fourth-order valence-corrected chi connectivity index (χ4v) is 2.42. The van der Waals surface area contributed by atoms with Crippen molar-refractivity contribution in [1.82, 2.24) is 10.6 Å². The summed E-state index contributed by atoms with van der Waals surface area (Å²) in [5, 5.41) is 6.56. The molecule has 74 valence electrons. The summed E-state index contributed by atoms with van der Waals surface area (Å²) in [5.74, 6) is 0.200. The fourth-order valence-electron chi connectivity index (χ4n) is 2.42. The molecule has 1 aliphatic carbocycles. The average molecular weight is 182 g/mol. The number of piperazine rings is 1. The molecule has 0 bridgehead atoms. The lowest BCUT2D eigenvalue weighted by Crippen LogP contribution is -2.64. The van der Waals surface area contributed by atoms with Crippen molar-refractivity contribution < 1.29 is 4.79 Å². The lowest BCUT2D eigenvalue weighted by atomic mass is 9.87. The summed E-state index contributed by atoms with van der Waals surface area (Å²) >= 11 is 0. The summed E-state index contributed by atoms with van der Waals surface area (Å²) in [6.07, 6.45) is 5.84. The molecule has 2 rings (SSSR count). The lowest BCUT2D eigenvalue weighted by Gasteiger charge is -2.40. The fraction of sp³-hybridized carbons (Fsp3) is 0.900. The first kappa shape index (κ1) is 9.00. The Kier molecular flexibility index (Phi) is 2.54. The highest BCUT2D eigenvalue weighted by atomic mass is 16.2. The van der Waals surface area contributed by atoms with Crippen LogP contribution in [0.25, 0.3) is 0 Å². The zero-order chi connectivity index (χ0) is 9.26. The highest BCUT2D eigenvalue weighted by Crippen LogP contribution is 2.21. The minimum absolute atomic E-state index is 0.0550. The quantitative estimate of drug-likeness (QED) is 0.629. The number of carbonyl (C=O) groups is 1. The topological polar surface area (TPSA) is 41.1 Å². The largest absolute Gasteiger partial charge is 0.350 e. The molecule has 3 atom stereocenters. The van der Waals surface area contributed by atoms with Crippen LogP contribution in [0.1, 0.15) is 39.0 Å². The summed E-state index contributed by atoms with van der Waals surface area (Å²) in [6, 6.07) is 1.000. The molecule has 3 heteroatoms. The molecule has 3 nitrogen and oxygen atoms in total. The van der Waals surface area contributed by atoms with E-state index in [2.05, 4.69) is 17.6 Å². The second kappa shape index (κ2) is 3.66. The van der Waals surface area contributed by atoms with Gasteiger partial charge < -0.3 is 10.6 Å². The minimum atomic E-state index is 0.0550. The summed E-state index contributed by atoms with van der Waals surface area (Å²) in [6.45, 7) is 2.06. The Hall–Kier alpha value is -0.570. The molecular formula is C10H18N2O. The predicted octanol–water partition coefficient (Wildman–Crippen LogP) is 0.796. The zero-order valence-corrected chi connectivity index (χ0v) is 8.18. The average Bonchev–Trinajstić information content (AvgIpc) is 2.17. The summed E-state index contributed by atoms with van der Waals surface area (Å²) in [4.78, 5) is 11.5. The van der Waals surface area contributed by atoms with Gasteiger partial charge in [0.15, 0.2) is 0 Å². The molecule has 2 N–H and O–H groups in total. The highest BCUT2D eigenvalue weighted by Gasteiger charge is 2.34. The van der Waals surface area contributed by atoms with Crippen LogP contribution in [0.15, 0.2) is 0 Å². The van der Waals surface area contributed by atoms with Crippen molar-refractivity contribution in [2.24, 2.45) is 0 Å². The monoisotopic (exact) mass is 182 g/mol. The van der Waals surface area contributed by atoms with Crippen molar-refractivity contribution in [3.63, 3.8) is 0 Å². The minimum Gasteiger partial charge on any atom is -0.350 e. The van der Waals surface area contributed by atoms with Gasteiger partial charge in [0.05, 0.1) is 6.04 Å². The smallest absolute Gasteiger partial charge is 0.237 e. The maximum Gasteiger partial charge on any atom is 0.237 e. The van der Waals surface area contributed by atoms with Gasteiger partial charge >= 0.3 is 0 Å². The zero-order valence-electron chi connectivity index (χ0n) is 8.18. The SMILES string of the molecule is CCC1NC2CCCCC2NC1=O. The predicted molar refractivity (Wildman–Crippen MR) is 51.4 cm³/mol. The van der Waals surface area contributed by atoms with Gasteiger partial charge in [0.1, 0.15) is 0 Å². The second-order valence-electron chi connectivity index (χ2n) is 4.13. The van der Waals surface area contributed by atoms with Gasteiger partial charge in [-0.3, -0.25) is 4.79 Å². The van der Waals surface area contributed by atoms with Gasteiger partial charge in [-0.15, -0.1) is 0 Å². The van der Waals surface area contributed by atoms with Gasteiger partial charge in [-0.05, 0) is 19.3 Å². The van der Waals surface area contributed by atoms with Gasteiger partial charge in [0, 0.05) is 12.1 Å². The molecule has 1 aliphatic heterocycles. The van der Waals surface area contributed by atoms with E-state index in [-0.39, 0.29) is 11.9 Å². The third-order valence-corrected chi connectivity index (χ3v) is 3.23. The maximum atomic E-state index is 11.5. The number of carbonyl (C=O) groups excluding carboxylic acids is 1. The number of hydrogen-bond donors (Lipinski definition) is 2. The molecule has 1 heterocycles. The number of fused-ring (bicyclic) bond motifs is 1. The molecule has 13 heavy (non-hydrogen) atoms. The van der Waals surface area contributed by atoms with Crippen LogP contribution >= 0.6 is 0 Å². The molecule has 2 aliphatic rings. The summed E-state index contributed by atoms with van der Waals surface area (Å²) < 4.78 is 0. The van der Waals surface area contributed by atoms with Crippen molar-refractivity contribution in [1.29, 1.82) is 0 Å². The van der Waals surface area contributed by atoms with E-state index in [0.717, 1.165) is 12.8 Å². The number of hydrogen-bond acceptors (Lipinski definition) is 2. The van der Waals surface area contributed by atoms with Crippen LogP contribution in [0, 0.1) is 0 Å². The van der Waals surface area contributed by atoms with Crippen LogP contribution in [-0.2, 0) is 4.79 Å². The molecule has 0 aromatic heterocycles. The molecule has 2 fully saturated rings. The van der Waals surface area contributed by atoms with Crippen molar-refractivity contribution in [3.8, 4) is 0 Å². The maximum absolute atomic E-state index is 11.5. The Morgan fingerprint density at radius 1 is 1.31 bits per heavy atom. The van der Waals surface area contributed by atoms with Crippen LogP contribution < -0.4 is 10.6 Å². The van der Waals surface area contributed by atoms with E-state index in [4.69, 9.17) is 0 Å². The van der Waals surface area contributed by atoms with E-state index in [1.807, 2.05) is 0 Å². The van der Waals surface area contributed by atoms with Crippen molar-refractivity contribution in [2.45, 2.75) is 57.2 Å². The molecule has 3 unspecified atom stereocenters. The summed E-state index contributed by atoms with van der Waals surface area (Å²) in [7, 11) is 0. The van der Waals surface area contributed by atoms with E-state index in [1.165, 1.54) is 19.3 Å². The van der Waals surface area contributed by atoms with Crippen molar-refractivity contribution in [3.05, 3.63) is 0 Å². The molecule has 0 aromatic rings. The van der Waals surface area contributed by atoms with E-state index in [9.17, 15) is 4.79 Å². The first-order chi connectivity index (χ1) is 6.31. The van der Waals surface area contributed by atoms with Crippen LogP contribution in [0.5, 0.6) is 0 Å². The standard InChI is InChI=1S/C10H18N2O/c1-2-7-10(13)12-9-6-4-3-5-8(9)11-7/h7-9,11H,2-6H2,1H3,(H,12,13). The molecular weight excluding hydrogens is 164 g/mol. The Labute approximate surface area is 79.3 Å². The third kappa shape index (κ3) is 1.70. The van der Waals surface area contributed by atoms with Crippen molar-refractivity contribution in [2.75, 3.05) is 0 Å². The Morgan fingerprint density at radius 3 is 2.69 bits per heavy atom. The first-order valence-corrected chi connectivity index (χ1v) is 5.37. The van der Waals surface area contributed by atoms with E-state index in [0.29, 0.717) is 12.1 Å². The van der Waals surface area contributed by atoms with E-state index < -0.39 is 0 Å². The van der Waals surface area contributed by atoms with Gasteiger partial charge in [0.2, 0.25) is 5.91 Å². The summed E-state index contributed by atoms with van der Waals surface area (Å²) in [5.41, 5.74) is 0. The highest BCUT2D eigenvalue weighted by molar-refractivity contribution is 5.83. The van der Waals surface area contributed by atoms with Gasteiger partial charge in [0.25, 0.3) is 0 Å². The Balaban J connectivity index is 2.01. The molecule has 0 radical (unpaired) electrons. The number of amides is 1. The van der Waals surface area contributed by atoms with Gasteiger partial charge in [-0.25, -0.2) is 0 Å². The van der Waals surface area contributed by atoms with Crippen molar-refractivity contribution >= 4 is 5.91 Å². The Morgan fingerprint density at radius 2 is 2.00 bits per heavy atom. The van der Waals surface area contributed by atoms with Crippen LogP contribution in [0.3, 0.4) is 0 Å². The van der Waals surface area contributed by atoms with Crippen LogP contribution in [0.4, 0.5) is 0 Å². The molecule has 0 aromatic carbocycles. The molecule has 0 spiro atoms. The van der Waals surface area contributed by atoms with Crippen LogP contribution in [-0.4, -0.2) is 24.0 Å². The van der Waals surface area contributed by atoms with E-state index in [1.54, 1.807) is 0 Å². The molecule has 1 saturated heterocycles. The van der Waals surface area contributed by atoms with E-state index >= 15 is 0 Å². The number of nitrogens with one attached hydrogen (secondary N) is 2. The normalized spacial score (nSPS) is 39.5. The first-order valence-electron chi connectivity index (χ1n) is 5.37. The third-order valence-electron chi connectivity index (χ3n) is 3.23. The lowest BCUT2D eigenvalue weighted by molar-refractivity contribution is -0.126. The van der Waals surface area contributed by atoms with Gasteiger partial charge in [-0.1, -0.05) is 19.8 Å². The second-order valence-corrected chi connectivity index (χ2v) is 4.13. The van der Waals surface area contributed by atoms with Crippen LogP contribution in [0.2, 0.25) is 0 Å².